The van der Waals surface area contributed by atoms with Crippen molar-refractivity contribution < 1.29 is 14.3 Å². The van der Waals surface area contributed by atoms with Gasteiger partial charge >= 0.3 is 0 Å². The summed E-state index contributed by atoms with van der Waals surface area (Å²) in [5.41, 5.74) is 1.49. The lowest BCUT2D eigenvalue weighted by atomic mass is 10.2. The minimum atomic E-state index is -0.0547. The Labute approximate surface area is 194 Å². The Balaban J connectivity index is 0.00000341. The normalized spacial score (nSPS) is 10.7. The average molecular weight is 464 g/mol. The summed E-state index contributed by atoms with van der Waals surface area (Å²) in [6.07, 6.45) is 0.857. The number of hydrogen-bond acceptors (Lipinski definition) is 6. The van der Waals surface area contributed by atoms with Crippen molar-refractivity contribution in [3.8, 4) is 11.5 Å². The Kier molecular flexibility index (Phi) is 9.55. The number of carbonyl (C=O) groups excluding carboxylic acids is 1. The second-order valence-electron chi connectivity index (χ2n) is 7.13. The van der Waals surface area contributed by atoms with E-state index in [1.807, 2.05) is 70.4 Å². The summed E-state index contributed by atoms with van der Waals surface area (Å²) in [7, 11) is 4.07. The van der Waals surface area contributed by atoms with Crippen LogP contribution in [0.15, 0.2) is 42.5 Å². The van der Waals surface area contributed by atoms with Crippen LogP contribution in [0.4, 0.5) is 5.13 Å². The molecule has 0 aliphatic carbocycles. The summed E-state index contributed by atoms with van der Waals surface area (Å²) >= 11 is 1.51. The monoisotopic (exact) mass is 463 g/mol. The molecule has 1 amide bonds. The van der Waals surface area contributed by atoms with Crippen molar-refractivity contribution in [1.82, 2.24) is 9.88 Å². The minimum Gasteiger partial charge on any atom is -0.494 e. The van der Waals surface area contributed by atoms with Crippen LogP contribution >= 0.6 is 23.7 Å². The van der Waals surface area contributed by atoms with E-state index in [0.29, 0.717) is 30.5 Å². The number of thiazole rings is 1. The van der Waals surface area contributed by atoms with E-state index in [2.05, 4.69) is 4.90 Å². The third-order valence-electron chi connectivity index (χ3n) is 4.53. The Bertz CT molecular complexity index is 976. The van der Waals surface area contributed by atoms with Gasteiger partial charge in [0.2, 0.25) is 0 Å². The molecule has 0 aliphatic heterocycles. The summed E-state index contributed by atoms with van der Waals surface area (Å²) in [5.74, 6) is 1.52. The first kappa shape index (κ1) is 24.9. The standard InChI is InChI=1S/C23H29N3O3S.ClH/c1-5-28-18-10-8-17(9-11-18)22(27)26(15-7-14-25(3)4)23-24-20-13-12-19(29-6-2)16-21(20)30-23;/h8-13,16H,5-7,14-15H2,1-4H3;1H. The predicted octanol–water partition coefficient (Wildman–Crippen LogP) is 5.11. The highest BCUT2D eigenvalue weighted by molar-refractivity contribution is 7.22. The molecule has 0 spiro atoms. The van der Waals surface area contributed by atoms with Crippen molar-refractivity contribution in [1.29, 1.82) is 0 Å². The first-order valence-corrected chi connectivity index (χ1v) is 11.1. The van der Waals surface area contributed by atoms with E-state index in [4.69, 9.17) is 14.5 Å². The third-order valence-corrected chi connectivity index (χ3v) is 5.58. The van der Waals surface area contributed by atoms with Crippen LogP contribution in [0.1, 0.15) is 30.6 Å². The Morgan fingerprint density at radius 2 is 1.61 bits per heavy atom. The summed E-state index contributed by atoms with van der Waals surface area (Å²) < 4.78 is 12.1. The van der Waals surface area contributed by atoms with Gasteiger partial charge in [-0.05, 0) is 83.4 Å². The van der Waals surface area contributed by atoms with Gasteiger partial charge in [-0.2, -0.15) is 0 Å². The molecule has 0 bridgehead atoms. The SMILES string of the molecule is CCOc1ccc(C(=O)N(CCCN(C)C)c2nc3ccc(OCC)cc3s2)cc1.Cl. The van der Waals surface area contributed by atoms with Crippen molar-refractivity contribution in [3.63, 3.8) is 0 Å². The van der Waals surface area contributed by atoms with Gasteiger partial charge < -0.3 is 14.4 Å². The lowest BCUT2D eigenvalue weighted by molar-refractivity contribution is 0.0986. The predicted molar refractivity (Wildman–Crippen MR) is 130 cm³/mol. The highest BCUT2D eigenvalue weighted by Crippen LogP contribution is 2.32. The molecule has 0 atom stereocenters. The van der Waals surface area contributed by atoms with E-state index in [0.717, 1.165) is 34.7 Å². The van der Waals surface area contributed by atoms with Gasteiger partial charge in [0.15, 0.2) is 5.13 Å². The van der Waals surface area contributed by atoms with Crippen LogP contribution < -0.4 is 14.4 Å². The number of aromatic nitrogens is 1. The molecule has 0 unspecified atom stereocenters. The molecule has 31 heavy (non-hydrogen) atoms. The van der Waals surface area contributed by atoms with Crippen LogP contribution in [-0.2, 0) is 0 Å². The molecular formula is C23H30ClN3O3S. The number of ether oxygens (including phenoxy) is 2. The maximum absolute atomic E-state index is 13.3. The number of amides is 1. The van der Waals surface area contributed by atoms with Crippen LogP contribution in [0, 0.1) is 0 Å². The van der Waals surface area contributed by atoms with Crippen LogP contribution in [0.3, 0.4) is 0 Å². The Morgan fingerprint density at radius 1 is 0.968 bits per heavy atom. The number of hydrogen-bond donors (Lipinski definition) is 0. The lowest BCUT2D eigenvalue weighted by Gasteiger charge is -2.21. The van der Waals surface area contributed by atoms with Gasteiger partial charge in [-0.1, -0.05) is 11.3 Å². The Hall–Kier alpha value is -2.35. The molecule has 8 heteroatoms. The van der Waals surface area contributed by atoms with Gasteiger partial charge in [-0.25, -0.2) is 4.98 Å². The number of rotatable bonds is 10. The Morgan fingerprint density at radius 3 is 2.26 bits per heavy atom. The first-order valence-electron chi connectivity index (χ1n) is 10.2. The minimum absolute atomic E-state index is 0. The number of carbonyl (C=O) groups is 1. The van der Waals surface area contributed by atoms with Crippen molar-refractivity contribution in [2.45, 2.75) is 20.3 Å². The number of nitrogens with zero attached hydrogens (tertiary/aromatic N) is 3. The van der Waals surface area contributed by atoms with Crippen molar-refractivity contribution in [2.75, 3.05) is 45.3 Å². The highest BCUT2D eigenvalue weighted by Gasteiger charge is 2.21. The second kappa shape index (κ2) is 11.9. The molecule has 0 saturated heterocycles. The van der Waals surface area contributed by atoms with Crippen molar-refractivity contribution in [2.24, 2.45) is 0 Å². The van der Waals surface area contributed by atoms with E-state index < -0.39 is 0 Å². The quantitative estimate of drug-likeness (QED) is 0.418. The smallest absolute Gasteiger partial charge is 0.260 e. The van der Waals surface area contributed by atoms with Crippen LogP contribution in [-0.4, -0.2) is 56.2 Å². The molecular weight excluding hydrogens is 434 g/mol. The highest BCUT2D eigenvalue weighted by atomic mass is 35.5. The topological polar surface area (TPSA) is 54.9 Å². The van der Waals surface area contributed by atoms with Gasteiger partial charge in [0.25, 0.3) is 5.91 Å². The molecule has 3 aromatic rings. The molecule has 1 heterocycles. The third kappa shape index (κ3) is 6.56. The zero-order chi connectivity index (χ0) is 21.5. The summed E-state index contributed by atoms with van der Waals surface area (Å²) in [5, 5.41) is 0.705. The molecule has 1 aromatic heterocycles. The molecule has 168 valence electrons. The largest absolute Gasteiger partial charge is 0.494 e. The van der Waals surface area contributed by atoms with E-state index >= 15 is 0 Å². The fourth-order valence-electron chi connectivity index (χ4n) is 3.11. The molecule has 0 saturated carbocycles. The number of halogens is 1. The van der Waals surface area contributed by atoms with Gasteiger partial charge in [0.05, 0.1) is 23.4 Å². The van der Waals surface area contributed by atoms with E-state index in [-0.39, 0.29) is 18.3 Å². The molecule has 0 radical (unpaired) electrons. The number of fused-ring (bicyclic) bond motifs is 1. The maximum atomic E-state index is 13.3. The molecule has 0 fully saturated rings. The van der Waals surface area contributed by atoms with E-state index in [1.165, 1.54) is 11.3 Å². The van der Waals surface area contributed by atoms with Gasteiger partial charge in [0.1, 0.15) is 11.5 Å². The van der Waals surface area contributed by atoms with Gasteiger partial charge in [-0.3, -0.25) is 9.69 Å². The summed E-state index contributed by atoms with van der Waals surface area (Å²) in [6, 6.07) is 13.1. The first-order chi connectivity index (χ1) is 14.5. The molecule has 0 aliphatic rings. The second-order valence-corrected chi connectivity index (χ2v) is 8.14. The fraction of sp³-hybridized carbons (Fsp3) is 0.391. The summed E-state index contributed by atoms with van der Waals surface area (Å²) in [4.78, 5) is 22.0. The van der Waals surface area contributed by atoms with E-state index in [9.17, 15) is 4.79 Å². The molecule has 2 aromatic carbocycles. The number of benzene rings is 2. The van der Waals surface area contributed by atoms with Gasteiger partial charge in [0, 0.05) is 12.1 Å². The molecule has 6 nitrogen and oxygen atoms in total. The zero-order valence-electron chi connectivity index (χ0n) is 18.5. The fourth-order valence-corrected chi connectivity index (χ4v) is 4.13. The van der Waals surface area contributed by atoms with Crippen LogP contribution in [0.25, 0.3) is 10.2 Å². The maximum Gasteiger partial charge on any atom is 0.260 e. The average Bonchev–Trinajstić information content (AvgIpc) is 3.14. The van der Waals surface area contributed by atoms with Crippen molar-refractivity contribution in [3.05, 3.63) is 48.0 Å². The lowest BCUT2D eigenvalue weighted by Crippen LogP contribution is -2.33. The van der Waals surface area contributed by atoms with Crippen LogP contribution in [0.2, 0.25) is 0 Å². The molecule has 0 N–H and O–H groups in total. The van der Waals surface area contributed by atoms with Crippen LogP contribution in [0.5, 0.6) is 11.5 Å². The zero-order valence-corrected chi connectivity index (χ0v) is 20.1. The molecule has 3 rings (SSSR count). The number of anilines is 1. The van der Waals surface area contributed by atoms with Crippen molar-refractivity contribution >= 4 is 45.0 Å². The van der Waals surface area contributed by atoms with E-state index in [1.54, 1.807) is 4.90 Å². The van der Waals surface area contributed by atoms with Gasteiger partial charge in [-0.15, -0.1) is 12.4 Å². The summed E-state index contributed by atoms with van der Waals surface area (Å²) in [6.45, 7) is 6.61.